The van der Waals surface area contributed by atoms with Gasteiger partial charge < -0.3 is 15.4 Å². The third-order valence-corrected chi connectivity index (χ3v) is 4.34. The van der Waals surface area contributed by atoms with Gasteiger partial charge in [-0.2, -0.15) is 0 Å². The summed E-state index contributed by atoms with van der Waals surface area (Å²) in [7, 11) is 0. The minimum absolute atomic E-state index is 0.132. The fourth-order valence-electron chi connectivity index (χ4n) is 3.00. The molecule has 0 radical (unpaired) electrons. The fraction of sp³-hybridized carbons (Fsp3) is 0.211. The molecule has 2 amide bonds. The van der Waals surface area contributed by atoms with E-state index < -0.39 is 0 Å². The molecule has 132 valence electrons. The number of amides is 2. The number of carbonyl (C=O) groups excluding carboxylic acids is 1. The molecule has 0 spiro atoms. The Kier molecular flexibility index (Phi) is 4.27. The number of imidazole rings is 1. The maximum absolute atomic E-state index is 12.2. The Morgan fingerprint density at radius 2 is 2.15 bits per heavy atom. The van der Waals surface area contributed by atoms with Crippen LogP contribution >= 0.6 is 0 Å². The van der Waals surface area contributed by atoms with E-state index in [9.17, 15) is 4.79 Å². The van der Waals surface area contributed by atoms with Gasteiger partial charge in [0.25, 0.3) is 0 Å². The van der Waals surface area contributed by atoms with Crippen LogP contribution in [0.15, 0.2) is 55.0 Å². The monoisotopic (exact) mass is 349 g/mol. The summed E-state index contributed by atoms with van der Waals surface area (Å²) < 4.78 is 7.48. The maximum atomic E-state index is 12.2. The van der Waals surface area contributed by atoms with Gasteiger partial charge in [0.05, 0.1) is 6.04 Å². The topological polar surface area (TPSA) is 81.1 Å². The van der Waals surface area contributed by atoms with Gasteiger partial charge in [0.15, 0.2) is 0 Å². The van der Waals surface area contributed by atoms with E-state index in [-0.39, 0.29) is 12.1 Å². The first-order valence-corrected chi connectivity index (χ1v) is 8.42. The molecule has 0 saturated heterocycles. The number of aryl methyl sites for hydroxylation is 1. The van der Waals surface area contributed by atoms with E-state index in [1.54, 1.807) is 12.4 Å². The molecule has 1 aliphatic heterocycles. The van der Waals surface area contributed by atoms with Crippen molar-refractivity contribution in [2.75, 3.05) is 6.61 Å². The standard InChI is InChI=1S/C19H19N5O2/c1-13-20-8-9-24(13)18-10-14(6-7-21-18)11-22-19(25)23-16-12-26-17-5-3-2-4-15(16)17/h2-10,16H,11-12H2,1H3,(H2,22,23,25)/t16-/m1/s1. The third kappa shape index (κ3) is 3.23. The Hall–Kier alpha value is -3.35. The van der Waals surface area contributed by atoms with Crippen molar-refractivity contribution in [3.05, 3.63) is 71.9 Å². The first kappa shape index (κ1) is 16.1. The van der Waals surface area contributed by atoms with Crippen LogP contribution in [0.25, 0.3) is 5.82 Å². The molecule has 0 bridgehead atoms. The average Bonchev–Trinajstić information content (AvgIpc) is 3.27. The van der Waals surface area contributed by atoms with Gasteiger partial charge in [-0.3, -0.25) is 4.57 Å². The van der Waals surface area contributed by atoms with Crippen LogP contribution in [0.4, 0.5) is 4.79 Å². The van der Waals surface area contributed by atoms with Gasteiger partial charge in [0, 0.05) is 30.7 Å². The molecule has 0 fully saturated rings. The SMILES string of the molecule is Cc1nccn1-c1cc(CNC(=O)N[C@@H]2COc3ccccc32)ccn1. The maximum Gasteiger partial charge on any atom is 0.315 e. The largest absolute Gasteiger partial charge is 0.491 e. The molecule has 0 unspecified atom stereocenters. The summed E-state index contributed by atoms with van der Waals surface area (Å²) in [6.07, 6.45) is 5.32. The zero-order valence-electron chi connectivity index (χ0n) is 14.3. The number of carbonyl (C=O) groups is 1. The summed E-state index contributed by atoms with van der Waals surface area (Å²) in [6.45, 7) is 2.78. The summed E-state index contributed by atoms with van der Waals surface area (Å²) >= 11 is 0. The number of pyridine rings is 1. The van der Waals surface area contributed by atoms with Gasteiger partial charge in [0.1, 0.15) is 24.0 Å². The van der Waals surface area contributed by atoms with Crippen LogP contribution in [0.5, 0.6) is 5.75 Å². The fourth-order valence-corrected chi connectivity index (χ4v) is 3.00. The molecule has 2 aromatic heterocycles. The smallest absolute Gasteiger partial charge is 0.315 e. The first-order valence-electron chi connectivity index (χ1n) is 8.42. The summed E-state index contributed by atoms with van der Waals surface area (Å²) in [5.74, 6) is 2.46. The number of urea groups is 1. The lowest BCUT2D eigenvalue weighted by Crippen LogP contribution is -2.38. The predicted octanol–water partition coefficient (Wildman–Crippen LogP) is 2.51. The summed E-state index contributed by atoms with van der Waals surface area (Å²) in [5.41, 5.74) is 1.96. The van der Waals surface area contributed by atoms with Gasteiger partial charge in [-0.05, 0) is 30.7 Å². The van der Waals surface area contributed by atoms with Gasteiger partial charge in [-0.25, -0.2) is 14.8 Å². The second-order valence-electron chi connectivity index (χ2n) is 6.10. The van der Waals surface area contributed by atoms with Crippen LogP contribution in [0, 0.1) is 6.92 Å². The molecule has 3 aromatic rings. The molecule has 1 aromatic carbocycles. The van der Waals surface area contributed by atoms with Gasteiger partial charge >= 0.3 is 6.03 Å². The van der Waals surface area contributed by atoms with Gasteiger partial charge in [-0.15, -0.1) is 0 Å². The highest BCUT2D eigenvalue weighted by Crippen LogP contribution is 2.31. The van der Waals surface area contributed by atoms with Crippen LogP contribution in [0.2, 0.25) is 0 Å². The number of nitrogens with zero attached hydrogens (tertiary/aromatic N) is 3. The molecule has 4 rings (SSSR count). The number of rotatable bonds is 4. The van der Waals surface area contributed by atoms with E-state index in [4.69, 9.17) is 4.74 Å². The zero-order valence-corrected chi connectivity index (χ0v) is 14.3. The number of aromatic nitrogens is 3. The molecule has 7 nitrogen and oxygen atoms in total. The second kappa shape index (κ2) is 6.87. The Bertz CT molecular complexity index is 937. The third-order valence-electron chi connectivity index (χ3n) is 4.34. The van der Waals surface area contributed by atoms with Crippen molar-refractivity contribution in [2.24, 2.45) is 0 Å². The molecule has 1 atom stereocenters. The number of fused-ring (bicyclic) bond motifs is 1. The molecule has 1 aliphatic rings. The van der Waals surface area contributed by atoms with E-state index in [0.717, 1.165) is 28.5 Å². The Balaban J connectivity index is 1.37. The van der Waals surface area contributed by atoms with Crippen LogP contribution in [0.1, 0.15) is 23.0 Å². The quantitative estimate of drug-likeness (QED) is 0.758. The highest BCUT2D eigenvalue weighted by molar-refractivity contribution is 5.74. The minimum Gasteiger partial charge on any atom is -0.491 e. The molecule has 7 heteroatoms. The lowest BCUT2D eigenvalue weighted by molar-refractivity contribution is 0.231. The summed E-state index contributed by atoms with van der Waals surface area (Å²) in [5, 5.41) is 5.84. The van der Waals surface area contributed by atoms with Crippen LogP contribution in [-0.2, 0) is 6.54 Å². The van der Waals surface area contributed by atoms with Crippen molar-refractivity contribution >= 4 is 6.03 Å². The summed E-state index contributed by atoms with van der Waals surface area (Å²) in [4.78, 5) is 20.8. The number of ether oxygens (including phenoxy) is 1. The predicted molar refractivity (Wildman–Crippen MR) is 96.1 cm³/mol. The lowest BCUT2D eigenvalue weighted by atomic mass is 10.1. The molecule has 3 heterocycles. The van der Waals surface area contributed by atoms with Crippen LogP contribution in [-0.4, -0.2) is 27.2 Å². The highest BCUT2D eigenvalue weighted by Gasteiger charge is 2.24. The van der Waals surface area contributed by atoms with Crippen molar-refractivity contribution in [3.8, 4) is 11.6 Å². The van der Waals surface area contributed by atoms with Gasteiger partial charge in [-0.1, -0.05) is 18.2 Å². The van der Waals surface area contributed by atoms with Crippen molar-refractivity contribution in [1.29, 1.82) is 0 Å². The molecule has 26 heavy (non-hydrogen) atoms. The van der Waals surface area contributed by atoms with E-state index in [1.807, 2.05) is 54.1 Å². The Morgan fingerprint density at radius 3 is 3.00 bits per heavy atom. The van der Waals surface area contributed by atoms with E-state index in [1.165, 1.54) is 0 Å². The number of hydrogen-bond donors (Lipinski definition) is 2. The number of nitrogens with one attached hydrogen (secondary N) is 2. The normalized spacial score (nSPS) is 15.2. The number of benzene rings is 1. The van der Waals surface area contributed by atoms with Crippen molar-refractivity contribution < 1.29 is 9.53 Å². The summed E-state index contributed by atoms with van der Waals surface area (Å²) in [6, 6.07) is 11.2. The first-order chi connectivity index (χ1) is 12.7. The van der Waals surface area contributed by atoms with E-state index >= 15 is 0 Å². The van der Waals surface area contributed by atoms with E-state index in [2.05, 4.69) is 20.6 Å². The molecule has 2 N–H and O–H groups in total. The minimum atomic E-state index is -0.229. The van der Waals surface area contributed by atoms with Crippen molar-refractivity contribution in [2.45, 2.75) is 19.5 Å². The van der Waals surface area contributed by atoms with Crippen LogP contribution in [0.3, 0.4) is 0 Å². The zero-order chi connectivity index (χ0) is 17.9. The van der Waals surface area contributed by atoms with Crippen molar-refractivity contribution in [1.82, 2.24) is 25.2 Å². The molecule has 0 aliphatic carbocycles. The molecule has 0 saturated carbocycles. The van der Waals surface area contributed by atoms with Crippen molar-refractivity contribution in [3.63, 3.8) is 0 Å². The van der Waals surface area contributed by atoms with Crippen LogP contribution < -0.4 is 15.4 Å². The molecular formula is C19H19N5O2. The lowest BCUT2D eigenvalue weighted by Gasteiger charge is -2.13. The molecular weight excluding hydrogens is 330 g/mol. The second-order valence-corrected chi connectivity index (χ2v) is 6.10. The number of para-hydroxylation sites is 1. The Labute approximate surface area is 151 Å². The number of hydrogen-bond acceptors (Lipinski definition) is 4. The highest BCUT2D eigenvalue weighted by atomic mass is 16.5. The van der Waals surface area contributed by atoms with Gasteiger partial charge in [0.2, 0.25) is 0 Å². The average molecular weight is 349 g/mol. The van der Waals surface area contributed by atoms with E-state index in [0.29, 0.717) is 13.2 Å². The Morgan fingerprint density at radius 1 is 1.27 bits per heavy atom.